The Morgan fingerprint density at radius 2 is 1.83 bits per heavy atom. The smallest absolute Gasteiger partial charge is 0.416 e. The van der Waals surface area contributed by atoms with E-state index in [1.54, 1.807) is 23.1 Å². The predicted octanol–water partition coefficient (Wildman–Crippen LogP) is 5.29. The van der Waals surface area contributed by atoms with Crippen LogP contribution >= 0.6 is 0 Å². The van der Waals surface area contributed by atoms with Crippen LogP contribution in [0.2, 0.25) is 0 Å². The summed E-state index contributed by atoms with van der Waals surface area (Å²) in [6, 6.07) is 7.07. The number of nitrogens with one attached hydrogen (secondary N) is 1. The summed E-state index contributed by atoms with van der Waals surface area (Å²) in [5.74, 6) is 0.00827. The number of hydrogen-bond donors (Lipinski definition) is 2. The largest absolute Gasteiger partial charge is 0.508 e. The molecule has 5 nitrogen and oxygen atoms in total. The van der Waals surface area contributed by atoms with Gasteiger partial charge in [0.15, 0.2) is 0 Å². The number of aromatic nitrogens is 1. The van der Waals surface area contributed by atoms with Gasteiger partial charge in [0, 0.05) is 25.5 Å². The molecule has 2 N–H and O–H groups in total. The molecule has 1 saturated heterocycles. The normalized spacial score (nSPS) is 23.3. The lowest BCUT2D eigenvalue weighted by molar-refractivity contribution is -0.138. The average Bonchev–Trinajstić information content (AvgIpc) is 3.27. The van der Waals surface area contributed by atoms with Crippen molar-refractivity contribution in [2.24, 2.45) is 11.8 Å². The van der Waals surface area contributed by atoms with Gasteiger partial charge < -0.3 is 15.3 Å². The second-order valence-electron chi connectivity index (χ2n) is 7.98. The zero-order chi connectivity index (χ0) is 21.5. The molecule has 0 radical (unpaired) electrons. The molecular formula is C22H22F3N3O2. The number of carbonyl (C=O) groups excluding carboxylic acids is 1. The van der Waals surface area contributed by atoms with E-state index >= 15 is 0 Å². The van der Waals surface area contributed by atoms with Gasteiger partial charge >= 0.3 is 12.2 Å². The van der Waals surface area contributed by atoms with Crippen LogP contribution in [0.1, 0.15) is 35.4 Å². The van der Waals surface area contributed by atoms with E-state index in [1.807, 2.05) is 0 Å². The van der Waals surface area contributed by atoms with Crippen LogP contribution in [0.3, 0.4) is 0 Å². The third kappa shape index (κ3) is 3.86. The first kappa shape index (κ1) is 20.3. The number of nitrogens with zero attached hydrogens (tertiary/aromatic N) is 2. The summed E-state index contributed by atoms with van der Waals surface area (Å²) in [6.07, 6.45) is -0.174. The minimum Gasteiger partial charge on any atom is -0.508 e. The van der Waals surface area contributed by atoms with Gasteiger partial charge in [-0.1, -0.05) is 24.8 Å². The summed E-state index contributed by atoms with van der Waals surface area (Å²) in [5, 5.41) is 12.4. The van der Waals surface area contributed by atoms with Crippen molar-refractivity contribution in [2.75, 3.05) is 18.4 Å². The van der Waals surface area contributed by atoms with Gasteiger partial charge in [-0.3, -0.25) is 4.98 Å². The molecule has 2 aliphatic rings. The van der Waals surface area contributed by atoms with E-state index in [1.165, 1.54) is 18.5 Å². The molecule has 1 saturated carbocycles. The SMILES string of the molecule is C=C(O)c1cnccc1NC(=O)N1C[C@H]2CC(c3ccccc3C(F)(F)F)C[C@H]2C1. The number of rotatable bonds is 3. The number of pyridine rings is 1. The number of anilines is 1. The molecule has 1 aromatic heterocycles. The number of amides is 2. The lowest BCUT2D eigenvalue weighted by atomic mass is 9.91. The van der Waals surface area contributed by atoms with E-state index in [0.29, 0.717) is 42.7 Å². The molecule has 2 aromatic rings. The van der Waals surface area contributed by atoms with Crippen molar-refractivity contribution in [1.82, 2.24) is 9.88 Å². The lowest BCUT2D eigenvalue weighted by Gasteiger charge is -2.22. The third-order valence-electron chi connectivity index (χ3n) is 6.12. The first-order valence-corrected chi connectivity index (χ1v) is 9.78. The summed E-state index contributed by atoms with van der Waals surface area (Å²) >= 11 is 0. The monoisotopic (exact) mass is 417 g/mol. The molecule has 2 amide bonds. The molecule has 1 aliphatic heterocycles. The molecule has 158 valence electrons. The van der Waals surface area contributed by atoms with E-state index in [9.17, 15) is 23.1 Å². The van der Waals surface area contributed by atoms with Crippen LogP contribution in [-0.2, 0) is 6.18 Å². The fourth-order valence-electron chi connectivity index (χ4n) is 4.76. The average molecular weight is 417 g/mol. The fraction of sp³-hybridized carbons (Fsp3) is 0.364. The van der Waals surface area contributed by atoms with Gasteiger partial charge in [-0.2, -0.15) is 13.2 Å². The number of carbonyl (C=O) groups is 1. The van der Waals surface area contributed by atoms with Crippen molar-refractivity contribution >= 4 is 17.5 Å². The third-order valence-corrected chi connectivity index (χ3v) is 6.12. The molecule has 8 heteroatoms. The molecule has 2 heterocycles. The Labute approximate surface area is 172 Å². The first-order valence-electron chi connectivity index (χ1n) is 9.78. The highest BCUT2D eigenvalue weighted by Gasteiger charge is 2.45. The maximum absolute atomic E-state index is 13.4. The molecule has 0 bridgehead atoms. The summed E-state index contributed by atoms with van der Waals surface area (Å²) in [4.78, 5) is 18.3. The molecule has 30 heavy (non-hydrogen) atoms. The van der Waals surface area contributed by atoms with Crippen LogP contribution < -0.4 is 5.32 Å². The summed E-state index contributed by atoms with van der Waals surface area (Å²) in [5.41, 5.74) is 0.558. The van der Waals surface area contributed by atoms with E-state index in [0.717, 1.165) is 6.07 Å². The Hall–Kier alpha value is -3.03. The van der Waals surface area contributed by atoms with Crippen molar-refractivity contribution in [2.45, 2.75) is 24.9 Å². The Morgan fingerprint density at radius 3 is 2.47 bits per heavy atom. The highest BCUT2D eigenvalue weighted by atomic mass is 19.4. The molecule has 1 aromatic carbocycles. The Kier molecular flexibility index (Phi) is 5.17. The van der Waals surface area contributed by atoms with Crippen molar-refractivity contribution in [3.8, 4) is 0 Å². The van der Waals surface area contributed by atoms with E-state index in [2.05, 4.69) is 16.9 Å². The Morgan fingerprint density at radius 1 is 1.17 bits per heavy atom. The molecule has 1 unspecified atom stereocenters. The summed E-state index contributed by atoms with van der Waals surface area (Å²) in [6.45, 7) is 4.47. The minimum absolute atomic E-state index is 0.146. The van der Waals surface area contributed by atoms with E-state index in [4.69, 9.17) is 0 Å². The highest BCUT2D eigenvalue weighted by Crippen LogP contribution is 2.48. The molecule has 1 aliphatic carbocycles. The Bertz CT molecular complexity index is 962. The number of fused-ring (bicyclic) bond motifs is 1. The number of alkyl halides is 3. The number of benzene rings is 1. The number of halogens is 3. The molecule has 2 fully saturated rings. The number of urea groups is 1. The van der Waals surface area contributed by atoms with Crippen LogP contribution in [0.15, 0.2) is 49.3 Å². The molecule has 0 spiro atoms. The van der Waals surface area contributed by atoms with Crippen LogP contribution in [-0.4, -0.2) is 34.1 Å². The van der Waals surface area contributed by atoms with Crippen molar-refractivity contribution in [1.29, 1.82) is 0 Å². The number of likely N-dealkylation sites (tertiary alicyclic amines) is 1. The second-order valence-corrected chi connectivity index (χ2v) is 7.98. The first-order chi connectivity index (χ1) is 14.2. The predicted molar refractivity (Wildman–Crippen MR) is 107 cm³/mol. The van der Waals surface area contributed by atoms with Gasteiger partial charge in [-0.15, -0.1) is 0 Å². The number of hydrogen-bond acceptors (Lipinski definition) is 3. The molecule has 4 rings (SSSR count). The minimum atomic E-state index is -4.36. The van der Waals surface area contributed by atoms with Crippen molar-refractivity contribution in [3.05, 3.63) is 66.0 Å². The van der Waals surface area contributed by atoms with Gasteiger partial charge in [0.2, 0.25) is 0 Å². The Balaban J connectivity index is 1.42. The molecule has 3 atom stereocenters. The lowest BCUT2D eigenvalue weighted by Crippen LogP contribution is -2.34. The van der Waals surface area contributed by atoms with Crippen LogP contribution in [0.5, 0.6) is 0 Å². The summed E-state index contributed by atoms with van der Waals surface area (Å²) in [7, 11) is 0. The quantitative estimate of drug-likeness (QED) is 0.668. The summed E-state index contributed by atoms with van der Waals surface area (Å²) < 4.78 is 40.1. The van der Waals surface area contributed by atoms with Crippen LogP contribution in [0.25, 0.3) is 5.76 Å². The standard InChI is InChI=1S/C22H22F3N3O2/c1-13(29)18-10-26-7-6-20(18)27-21(30)28-11-15-8-14(9-16(15)12-28)17-4-2-3-5-19(17)22(23,24)25/h2-7,10,14-16,29H,1,8-9,11-12H2,(H,26,27,30)/t14?,15-,16+. The van der Waals surface area contributed by atoms with Gasteiger partial charge in [0.1, 0.15) is 5.76 Å². The molecular weight excluding hydrogens is 395 g/mol. The van der Waals surface area contributed by atoms with Gasteiger partial charge in [0.05, 0.1) is 16.8 Å². The van der Waals surface area contributed by atoms with Crippen molar-refractivity contribution < 1.29 is 23.1 Å². The van der Waals surface area contributed by atoms with E-state index in [-0.39, 0.29) is 29.5 Å². The maximum atomic E-state index is 13.4. The topological polar surface area (TPSA) is 65.5 Å². The van der Waals surface area contributed by atoms with E-state index < -0.39 is 11.7 Å². The van der Waals surface area contributed by atoms with Gasteiger partial charge in [0.25, 0.3) is 0 Å². The number of aliphatic hydroxyl groups excluding tert-OH is 1. The zero-order valence-electron chi connectivity index (χ0n) is 16.2. The highest BCUT2D eigenvalue weighted by molar-refractivity contribution is 5.92. The van der Waals surface area contributed by atoms with Crippen molar-refractivity contribution in [3.63, 3.8) is 0 Å². The fourth-order valence-corrected chi connectivity index (χ4v) is 4.76. The van der Waals surface area contributed by atoms with Crippen LogP contribution in [0, 0.1) is 11.8 Å². The van der Waals surface area contributed by atoms with Gasteiger partial charge in [-0.25, -0.2) is 4.79 Å². The van der Waals surface area contributed by atoms with Gasteiger partial charge in [-0.05, 0) is 48.3 Å². The zero-order valence-corrected chi connectivity index (χ0v) is 16.2. The maximum Gasteiger partial charge on any atom is 0.416 e. The van der Waals surface area contributed by atoms with Crippen LogP contribution in [0.4, 0.5) is 23.7 Å². The second kappa shape index (κ2) is 7.66. The number of aliphatic hydroxyl groups is 1.